The molecule has 1 heterocycles. The maximum absolute atomic E-state index is 13.0. The molecule has 1 nitrogen and oxygen atoms in total. The molecule has 1 saturated carbocycles. The average molecular weight is 263 g/mol. The molecule has 2 aliphatic rings. The molecule has 3 atom stereocenters. The lowest BCUT2D eigenvalue weighted by Gasteiger charge is -2.49. The molecule has 0 amide bonds. The number of rotatable bonds is 2. The summed E-state index contributed by atoms with van der Waals surface area (Å²) in [7, 11) is 0. The molecule has 0 bridgehead atoms. The summed E-state index contributed by atoms with van der Waals surface area (Å²) in [6.45, 7) is 3.94. The van der Waals surface area contributed by atoms with Gasteiger partial charge in [0, 0.05) is 0 Å². The van der Waals surface area contributed by atoms with Crippen molar-refractivity contribution in [2.75, 3.05) is 13.1 Å². The third kappa shape index (κ3) is 2.84. The molecule has 18 heavy (non-hydrogen) atoms. The highest BCUT2D eigenvalue weighted by Gasteiger charge is 2.50. The summed E-state index contributed by atoms with van der Waals surface area (Å²) in [5.41, 5.74) is -0.0281. The molecule has 106 valence electrons. The predicted octanol–water partition coefficient (Wildman–Crippen LogP) is 4.13. The molecule has 1 N–H and O–H groups in total. The van der Waals surface area contributed by atoms with E-state index in [0.29, 0.717) is 18.8 Å². The van der Waals surface area contributed by atoms with Crippen LogP contribution in [0.1, 0.15) is 51.9 Å². The van der Waals surface area contributed by atoms with Crippen LogP contribution in [0.5, 0.6) is 0 Å². The lowest BCUT2D eigenvalue weighted by atomic mass is 9.59. The third-order valence-electron chi connectivity index (χ3n) is 5.04. The van der Waals surface area contributed by atoms with Crippen LogP contribution in [-0.2, 0) is 0 Å². The molecule has 0 radical (unpaired) electrons. The highest BCUT2D eigenvalue weighted by atomic mass is 19.4. The van der Waals surface area contributed by atoms with E-state index in [0.717, 1.165) is 45.2 Å². The van der Waals surface area contributed by atoms with Gasteiger partial charge in [0.2, 0.25) is 0 Å². The minimum Gasteiger partial charge on any atom is -0.316 e. The van der Waals surface area contributed by atoms with Gasteiger partial charge in [-0.25, -0.2) is 0 Å². The van der Waals surface area contributed by atoms with Crippen molar-refractivity contribution in [1.82, 2.24) is 5.32 Å². The molecule has 1 aliphatic heterocycles. The molecule has 1 aliphatic carbocycles. The van der Waals surface area contributed by atoms with E-state index < -0.39 is 12.1 Å². The first-order chi connectivity index (χ1) is 8.48. The fourth-order valence-electron chi connectivity index (χ4n) is 4.06. The van der Waals surface area contributed by atoms with Crippen molar-refractivity contribution in [2.24, 2.45) is 17.3 Å². The second kappa shape index (κ2) is 5.40. The van der Waals surface area contributed by atoms with Crippen molar-refractivity contribution >= 4 is 0 Å². The van der Waals surface area contributed by atoms with Crippen LogP contribution in [0, 0.1) is 17.3 Å². The van der Waals surface area contributed by atoms with Crippen LogP contribution in [0.2, 0.25) is 0 Å². The number of nitrogens with one attached hydrogen (secondary N) is 1. The van der Waals surface area contributed by atoms with Gasteiger partial charge < -0.3 is 5.32 Å². The van der Waals surface area contributed by atoms with E-state index in [9.17, 15) is 13.2 Å². The number of hydrogen-bond donors (Lipinski definition) is 1. The zero-order valence-corrected chi connectivity index (χ0v) is 11.2. The Morgan fingerprint density at radius 3 is 2.72 bits per heavy atom. The summed E-state index contributed by atoms with van der Waals surface area (Å²) in [6, 6.07) is 0. The Bertz CT molecular complexity index is 271. The van der Waals surface area contributed by atoms with Gasteiger partial charge in [-0.2, -0.15) is 13.2 Å². The van der Waals surface area contributed by atoms with Gasteiger partial charge in [-0.1, -0.05) is 19.8 Å². The number of alkyl halides is 3. The molecular weight excluding hydrogens is 239 g/mol. The second-order valence-electron chi connectivity index (χ2n) is 6.14. The van der Waals surface area contributed by atoms with Crippen molar-refractivity contribution in [1.29, 1.82) is 0 Å². The van der Waals surface area contributed by atoms with Gasteiger partial charge in [0.15, 0.2) is 0 Å². The first-order valence-electron chi connectivity index (χ1n) is 7.25. The summed E-state index contributed by atoms with van der Waals surface area (Å²) in [5.74, 6) is -0.606. The van der Waals surface area contributed by atoms with E-state index in [2.05, 4.69) is 12.2 Å². The lowest BCUT2D eigenvalue weighted by Crippen LogP contribution is -2.49. The van der Waals surface area contributed by atoms with Crippen LogP contribution < -0.4 is 5.32 Å². The third-order valence-corrected chi connectivity index (χ3v) is 5.04. The number of hydrogen-bond acceptors (Lipinski definition) is 1. The monoisotopic (exact) mass is 263 g/mol. The Morgan fingerprint density at radius 2 is 2.06 bits per heavy atom. The van der Waals surface area contributed by atoms with Crippen molar-refractivity contribution in [3.8, 4) is 0 Å². The van der Waals surface area contributed by atoms with Crippen LogP contribution >= 0.6 is 0 Å². The first-order valence-corrected chi connectivity index (χ1v) is 7.25. The summed E-state index contributed by atoms with van der Waals surface area (Å²) in [4.78, 5) is 0. The Kier molecular flexibility index (Phi) is 4.25. The normalized spacial score (nSPS) is 38.0. The van der Waals surface area contributed by atoms with Gasteiger partial charge >= 0.3 is 6.18 Å². The van der Waals surface area contributed by atoms with Crippen molar-refractivity contribution in [3.63, 3.8) is 0 Å². The van der Waals surface area contributed by atoms with Gasteiger partial charge in [0.05, 0.1) is 5.92 Å². The fraction of sp³-hybridized carbons (Fsp3) is 1.00. The molecule has 2 rings (SSSR count). The lowest BCUT2D eigenvalue weighted by molar-refractivity contribution is -0.197. The molecule has 1 saturated heterocycles. The average Bonchev–Trinajstić information content (AvgIpc) is 2.32. The van der Waals surface area contributed by atoms with E-state index in [1.165, 1.54) is 0 Å². The SMILES string of the molecule is CCCC1CNCCC12CCCC(C(F)(F)F)C2. The van der Waals surface area contributed by atoms with Crippen LogP contribution in [0.25, 0.3) is 0 Å². The highest BCUT2D eigenvalue weighted by Crippen LogP contribution is 2.53. The van der Waals surface area contributed by atoms with E-state index in [-0.39, 0.29) is 5.41 Å². The van der Waals surface area contributed by atoms with Crippen molar-refractivity contribution < 1.29 is 13.2 Å². The van der Waals surface area contributed by atoms with E-state index >= 15 is 0 Å². The van der Waals surface area contributed by atoms with Crippen LogP contribution in [-0.4, -0.2) is 19.3 Å². The van der Waals surface area contributed by atoms with E-state index in [4.69, 9.17) is 0 Å². The number of piperidine rings is 1. The minimum absolute atomic E-state index is 0.0281. The maximum atomic E-state index is 13.0. The smallest absolute Gasteiger partial charge is 0.316 e. The molecule has 4 heteroatoms. The standard InChI is InChI=1S/C14H24F3N/c1-2-4-12-10-18-8-7-13(12)6-3-5-11(9-13)14(15,16)17/h11-12,18H,2-10H2,1H3. The summed E-state index contributed by atoms with van der Waals surface area (Å²) < 4.78 is 38.9. The molecule has 3 unspecified atom stereocenters. The summed E-state index contributed by atoms with van der Waals surface area (Å²) in [6.07, 6.45) is 1.57. The molecule has 0 aromatic carbocycles. The summed E-state index contributed by atoms with van der Waals surface area (Å²) in [5, 5.41) is 3.36. The van der Waals surface area contributed by atoms with Gasteiger partial charge in [0.1, 0.15) is 0 Å². The Morgan fingerprint density at radius 1 is 1.28 bits per heavy atom. The molecule has 1 spiro atoms. The maximum Gasteiger partial charge on any atom is 0.391 e. The topological polar surface area (TPSA) is 12.0 Å². The van der Waals surface area contributed by atoms with Crippen LogP contribution in [0.4, 0.5) is 13.2 Å². The minimum atomic E-state index is -3.99. The quantitative estimate of drug-likeness (QED) is 0.789. The van der Waals surface area contributed by atoms with Crippen molar-refractivity contribution in [2.45, 2.75) is 58.0 Å². The number of halogens is 3. The van der Waals surface area contributed by atoms with Gasteiger partial charge in [-0.05, 0) is 56.5 Å². The molecule has 0 aromatic heterocycles. The zero-order valence-electron chi connectivity index (χ0n) is 11.2. The van der Waals surface area contributed by atoms with Gasteiger partial charge in [-0.3, -0.25) is 0 Å². The van der Waals surface area contributed by atoms with Gasteiger partial charge in [-0.15, -0.1) is 0 Å². The molecule has 2 fully saturated rings. The second-order valence-corrected chi connectivity index (χ2v) is 6.14. The zero-order chi connectivity index (χ0) is 13.2. The fourth-order valence-corrected chi connectivity index (χ4v) is 4.06. The Balaban J connectivity index is 2.12. The van der Waals surface area contributed by atoms with Crippen LogP contribution in [0.3, 0.4) is 0 Å². The van der Waals surface area contributed by atoms with Gasteiger partial charge in [0.25, 0.3) is 0 Å². The Labute approximate surface area is 108 Å². The highest BCUT2D eigenvalue weighted by molar-refractivity contribution is 4.96. The molecule has 0 aromatic rings. The van der Waals surface area contributed by atoms with Crippen LogP contribution in [0.15, 0.2) is 0 Å². The van der Waals surface area contributed by atoms with E-state index in [1.807, 2.05) is 0 Å². The molecular formula is C14H24F3N. The largest absolute Gasteiger partial charge is 0.391 e. The predicted molar refractivity (Wildman–Crippen MR) is 66.3 cm³/mol. The Hall–Kier alpha value is -0.250. The summed E-state index contributed by atoms with van der Waals surface area (Å²) >= 11 is 0. The first kappa shape index (κ1) is 14.2. The van der Waals surface area contributed by atoms with Crippen molar-refractivity contribution in [3.05, 3.63) is 0 Å². The van der Waals surface area contributed by atoms with E-state index in [1.54, 1.807) is 0 Å².